The van der Waals surface area contributed by atoms with Crippen LogP contribution in [0.4, 0.5) is 0 Å². The Morgan fingerprint density at radius 3 is 1.78 bits per heavy atom. The van der Waals surface area contributed by atoms with Crippen molar-refractivity contribution in [1.29, 1.82) is 0 Å². The van der Waals surface area contributed by atoms with Gasteiger partial charge in [-0.1, -0.05) is 24.8 Å². The summed E-state index contributed by atoms with van der Waals surface area (Å²) in [6.07, 6.45) is 5.58. The average Bonchev–Trinajstić information content (AvgIpc) is 1.91. The zero-order chi connectivity index (χ0) is 7.54. The van der Waals surface area contributed by atoms with Crippen LogP contribution in [-0.4, -0.2) is 23.4 Å². The van der Waals surface area contributed by atoms with Gasteiger partial charge in [0.2, 0.25) is 0 Å². The molecule has 0 aliphatic carbocycles. The maximum atomic E-state index is 7.62. The van der Waals surface area contributed by atoms with Crippen LogP contribution >= 0.6 is 0 Å². The van der Waals surface area contributed by atoms with Gasteiger partial charge in [0, 0.05) is 0 Å². The number of hydrogen-bond acceptors (Lipinski definition) is 2. The quantitative estimate of drug-likeness (QED) is 0.541. The van der Waals surface area contributed by atoms with Crippen molar-refractivity contribution in [2.45, 2.75) is 6.92 Å². The fourth-order valence-corrected chi connectivity index (χ4v) is 0.136. The third kappa shape index (κ3) is 37.5. The van der Waals surface area contributed by atoms with Gasteiger partial charge in [-0.25, -0.2) is 0 Å². The molecule has 0 aromatic carbocycles. The van der Waals surface area contributed by atoms with E-state index in [0.29, 0.717) is 0 Å². The smallest absolute Gasteiger partial charge is 0.0662 e. The number of aliphatic hydroxyl groups excluding tert-OH is 2. The van der Waals surface area contributed by atoms with E-state index < -0.39 is 0 Å². The normalized spacial score (nSPS) is 8.33. The van der Waals surface area contributed by atoms with Crippen LogP contribution in [0.25, 0.3) is 0 Å². The highest BCUT2D eigenvalue weighted by molar-refractivity contribution is 4.94. The van der Waals surface area contributed by atoms with E-state index in [2.05, 4.69) is 6.58 Å². The van der Waals surface area contributed by atoms with Crippen molar-refractivity contribution in [2.24, 2.45) is 0 Å². The number of allylic oxidation sites excluding steroid dienone is 3. The standard InChI is InChI=1S/C5H8.C2H6O2/c1-3-5-4-2;3-1-2-4/h3-5H,1H2,2H3;3-4H,1-2H2/b5-4+;. The first-order valence-electron chi connectivity index (χ1n) is 2.78. The summed E-state index contributed by atoms with van der Waals surface area (Å²) >= 11 is 0. The van der Waals surface area contributed by atoms with Gasteiger partial charge in [0.25, 0.3) is 0 Å². The van der Waals surface area contributed by atoms with E-state index in [4.69, 9.17) is 10.2 Å². The summed E-state index contributed by atoms with van der Waals surface area (Å²) in [7, 11) is 0. The topological polar surface area (TPSA) is 40.5 Å². The first-order valence-corrected chi connectivity index (χ1v) is 2.78. The molecule has 9 heavy (non-hydrogen) atoms. The maximum Gasteiger partial charge on any atom is 0.0662 e. The molecular weight excluding hydrogens is 116 g/mol. The largest absolute Gasteiger partial charge is 0.394 e. The Kier molecular flexibility index (Phi) is 19.5. The lowest BCUT2D eigenvalue weighted by Gasteiger charge is -1.70. The third-order valence-corrected chi connectivity index (χ3v) is 0.429. The Hall–Kier alpha value is -0.600. The summed E-state index contributed by atoms with van der Waals surface area (Å²) in [6.45, 7) is 5.17. The molecule has 0 atom stereocenters. The Balaban J connectivity index is 0. The molecule has 0 unspecified atom stereocenters. The Bertz CT molecular complexity index is 65.3. The number of aliphatic hydroxyl groups is 2. The number of rotatable bonds is 2. The second-order valence-electron chi connectivity index (χ2n) is 1.21. The van der Waals surface area contributed by atoms with Gasteiger partial charge in [-0.05, 0) is 6.92 Å². The van der Waals surface area contributed by atoms with E-state index in [1.165, 1.54) is 0 Å². The SMILES string of the molecule is C=C/C=C/C.OCCO. The monoisotopic (exact) mass is 130 g/mol. The molecule has 0 saturated carbocycles. The third-order valence-electron chi connectivity index (χ3n) is 0.429. The first-order chi connectivity index (χ1) is 4.33. The minimum Gasteiger partial charge on any atom is -0.394 e. The molecule has 0 rings (SSSR count). The van der Waals surface area contributed by atoms with Crippen LogP contribution in [0.1, 0.15) is 6.92 Å². The second kappa shape index (κ2) is 15.7. The van der Waals surface area contributed by atoms with Gasteiger partial charge in [0.15, 0.2) is 0 Å². The molecule has 54 valence electrons. The molecule has 0 aromatic rings. The molecule has 2 heteroatoms. The molecule has 0 saturated heterocycles. The van der Waals surface area contributed by atoms with Crippen molar-refractivity contribution in [3.05, 3.63) is 24.8 Å². The molecule has 2 N–H and O–H groups in total. The van der Waals surface area contributed by atoms with E-state index in [0.717, 1.165) is 0 Å². The van der Waals surface area contributed by atoms with Crippen LogP contribution in [0, 0.1) is 0 Å². The second-order valence-corrected chi connectivity index (χ2v) is 1.21. The minimum absolute atomic E-state index is 0.125. The molecular formula is C7H14O2. The first kappa shape index (κ1) is 11.2. The van der Waals surface area contributed by atoms with E-state index in [1.807, 2.05) is 19.1 Å². The zero-order valence-corrected chi connectivity index (χ0v) is 5.75. The molecule has 0 heterocycles. The van der Waals surface area contributed by atoms with Crippen LogP contribution in [0.3, 0.4) is 0 Å². The summed E-state index contributed by atoms with van der Waals surface area (Å²) in [4.78, 5) is 0. The van der Waals surface area contributed by atoms with Gasteiger partial charge in [0.1, 0.15) is 0 Å². The molecule has 0 spiro atoms. The van der Waals surface area contributed by atoms with Crippen molar-refractivity contribution in [3.63, 3.8) is 0 Å². The summed E-state index contributed by atoms with van der Waals surface area (Å²) in [5.74, 6) is 0. The van der Waals surface area contributed by atoms with Crippen LogP contribution < -0.4 is 0 Å². The van der Waals surface area contributed by atoms with E-state index >= 15 is 0 Å². The summed E-state index contributed by atoms with van der Waals surface area (Å²) in [6, 6.07) is 0. The summed E-state index contributed by atoms with van der Waals surface area (Å²) in [5.41, 5.74) is 0. The molecule has 0 radical (unpaired) electrons. The summed E-state index contributed by atoms with van der Waals surface area (Å²) < 4.78 is 0. The van der Waals surface area contributed by atoms with E-state index in [-0.39, 0.29) is 13.2 Å². The fourth-order valence-electron chi connectivity index (χ4n) is 0.136. The van der Waals surface area contributed by atoms with Crippen LogP contribution in [-0.2, 0) is 0 Å². The predicted octanol–water partition coefficient (Wildman–Crippen LogP) is 0.719. The fraction of sp³-hybridized carbons (Fsp3) is 0.429. The highest BCUT2D eigenvalue weighted by atomic mass is 16.3. The zero-order valence-electron chi connectivity index (χ0n) is 5.75. The van der Waals surface area contributed by atoms with Gasteiger partial charge in [-0.3, -0.25) is 0 Å². The van der Waals surface area contributed by atoms with Crippen LogP contribution in [0.5, 0.6) is 0 Å². The lowest BCUT2D eigenvalue weighted by Crippen LogP contribution is -1.85. The van der Waals surface area contributed by atoms with Crippen molar-refractivity contribution in [3.8, 4) is 0 Å². The van der Waals surface area contributed by atoms with Crippen LogP contribution in [0.15, 0.2) is 24.8 Å². The van der Waals surface area contributed by atoms with Gasteiger partial charge in [0.05, 0.1) is 13.2 Å². The minimum atomic E-state index is -0.125. The highest BCUT2D eigenvalue weighted by Gasteiger charge is 1.58. The predicted molar refractivity (Wildman–Crippen MR) is 39.2 cm³/mol. The Morgan fingerprint density at radius 1 is 1.33 bits per heavy atom. The van der Waals surface area contributed by atoms with Gasteiger partial charge >= 0.3 is 0 Å². The van der Waals surface area contributed by atoms with E-state index in [1.54, 1.807) is 6.08 Å². The molecule has 0 fully saturated rings. The Morgan fingerprint density at radius 2 is 1.78 bits per heavy atom. The molecule has 2 nitrogen and oxygen atoms in total. The molecule has 0 aliphatic heterocycles. The molecule has 0 bridgehead atoms. The highest BCUT2D eigenvalue weighted by Crippen LogP contribution is 1.64. The molecule has 0 aromatic heterocycles. The van der Waals surface area contributed by atoms with Crippen molar-refractivity contribution in [1.82, 2.24) is 0 Å². The van der Waals surface area contributed by atoms with Gasteiger partial charge in [-0.15, -0.1) is 0 Å². The molecule has 0 aliphatic rings. The van der Waals surface area contributed by atoms with Gasteiger partial charge < -0.3 is 10.2 Å². The number of hydrogen-bond donors (Lipinski definition) is 2. The van der Waals surface area contributed by atoms with Crippen molar-refractivity contribution >= 4 is 0 Å². The van der Waals surface area contributed by atoms with Gasteiger partial charge in [-0.2, -0.15) is 0 Å². The summed E-state index contributed by atoms with van der Waals surface area (Å²) in [5, 5.41) is 15.2. The Labute approximate surface area is 56.1 Å². The average molecular weight is 130 g/mol. The molecule has 0 amide bonds. The van der Waals surface area contributed by atoms with E-state index in [9.17, 15) is 0 Å². The van der Waals surface area contributed by atoms with Crippen LogP contribution in [0.2, 0.25) is 0 Å². The van der Waals surface area contributed by atoms with Crippen molar-refractivity contribution in [2.75, 3.05) is 13.2 Å². The lowest BCUT2D eigenvalue weighted by atomic mass is 10.5. The van der Waals surface area contributed by atoms with Crippen molar-refractivity contribution < 1.29 is 10.2 Å². The lowest BCUT2D eigenvalue weighted by molar-refractivity contribution is 0.186. The maximum absolute atomic E-state index is 7.62.